The first-order valence-electron chi connectivity index (χ1n) is 14.0. The number of carbonyl (C=O) groups excluding carboxylic acids is 1. The Balaban J connectivity index is 1.47. The second kappa shape index (κ2) is 14.2. The zero-order valence-corrected chi connectivity index (χ0v) is 24.9. The lowest BCUT2D eigenvalue weighted by Gasteiger charge is -2.19. The number of hydrogen-bond acceptors (Lipinski definition) is 5. The van der Waals surface area contributed by atoms with Crippen LogP contribution in [0.3, 0.4) is 0 Å². The van der Waals surface area contributed by atoms with Crippen molar-refractivity contribution in [3.8, 4) is 22.6 Å². The number of halogens is 3. The third kappa shape index (κ3) is 8.05. The molecule has 4 aromatic carbocycles. The van der Waals surface area contributed by atoms with Crippen LogP contribution in [0.5, 0.6) is 11.5 Å². The molecule has 1 atom stereocenters. The van der Waals surface area contributed by atoms with Crippen LogP contribution in [0.4, 0.5) is 18.9 Å². The van der Waals surface area contributed by atoms with Gasteiger partial charge in [-0.15, -0.1) is 0 Å². The molecule has 1 aromatic heterocycles. The van der Waals surface area contributed by atoms with Gasteiger partial charge in [0.25, 0.3) is 11.5 Å². The molecule has 0 aliphatic rings. The van der Waals surface area contributed by atoms with Crippen LogP contribution < -0.4 is 15.6 Å². The number of benzene rings is 4. The molecule has 0 aliphatic carbocycles. The van der Waals surface area contributed by atoms with Crippen LogP contribution in [0.1, 0.15) is 27.5 Å². The number of hydrogen-bond donors (Lipinski definition) is 2. The number of aliphatic carboxylic acids is 1. The van der Waals surface area contributed by atoms with E-state index in [0.29, 0.717) is 28.4 Å². The Morgan fingerprint density at radius 3 is 2.04 bits per heavy atom. The molecule has 5 aromatic rings. The van der Waals surface area contributed by atoms with Crippen molar-refractivity contribution in [1.82, 2.24) is 4.57 Å². The molecule has 2 N–H and O–H groups in total. The minimum atomic E-state index is -4.58. The molecule has 1 amide bonds. The van der Waals surface area contributed by atoms with Gasteiger partial charge in [-0.3, -0.25) is 14.2 Å². The Labute approximate surface area is 266 Å². The van der Waals surface area contributed by atoms with E-state index in [-0.39, 0.29) is 17.0 Å². The second-order valence-electron chi connectivity index (χ2n) is 10.2. The fraction of sp³-hybridized carbons (Fsp3) is 0.114. The zero-order chi connectivity index (χ0) is 32.7. The van der Waals surface area contributed by atoms with Crippen LogP contribution in [-0.4, -0.2) is 27.3 Å². The highest BCUT2D eigenvalue weighted by Crippen LogP contribution is 2.30. The molecule has 7 nitrogen and oxygen atoms in total. The lowest BCUT2D eigenvalue weighted by molar-refractivity contribution is -0.140. The fourth-order valence-corrected chi connectivity index (χ4v) is 5.63. The number of thioether (sulfide) groups is 1. The molecule has 0 radical (unpaired) electrons. The van der Waals surface area contributed by atoms with Gasteiger partial charge in [0.05, 0.1) is 5.56 Å². The number of pyridine rings is 1. The maximum absolute atomic E-state index is 13.6. The van der Waals surface area contributed by atoms with Crippen molar-refractivity contribution in [2.75, 3.05) is 11.1 Å². The first kappa shape index (κ1) is 32.1. The monoisotopic (exact) mass is 644 g/mol. The van der Waals surface area contributed by atoms with Crippen LogP contribution >= 0.6 is 11.8 Å². The van der Waals surface area contributed by atoms with Crippen molar-refractivity contribution in [2.24, 2.45) is 0 Å². The predicted octanol–water partition coefficient (Wildman–Crippen LogP) is 8.14. The summed E-state index contributed by atoms with van der Waals surface area (Å²) < 4.78 is 46.0. The smallest absolute Gasteiger partial charge is 0.416 e. The third-order valence-corrected chi connectivity index (χ3v) is 8.03. The molecule has 5 rings (SSSR count). The number of para-hydroxylation sites is 1. The average Bonchev–Trinajstić information content (AvgIpc) is 3.05. The Kier molecular flexibility index (Phi) is 9.92. The van der Waals surface area contributed by atoms with Crippen LogP contribution in [0.25, 0.3) is 11.1 Å². The summed E-state index contributed by atoms with van der Waals surface area (Å²) in [5.74, 6) is -0.337. The van der Waals surface area contributed by atoms with Gasteiger partial charge in [0.15, 0.2) is 0 Å². The standard InChI is InChI=1S/C35H27F3N2O5S/c36-35(37,38)27-15-11-25(12-16-27)32(41)39-30-19-26(24-13-17-29(18-14-24)45-28-9-5-2-6-10-28)20-40(33(30)42)31(34(43)44)22-46-21-23-7-3-1-4-8-23/h1-20,31H,21-22H2,(H,39,41)(H,43,44). The van der Waals surface area contributed by atoms with E-state index in [9.17, 15) is 32.7 Å². The lowest BCUT2D eigenvalue weighted by Crippen LogP contribution is -2.33. The van der Waals surface area contributed by atoms with Gasteiger partial charge in [-0.2, -0.15) is 24.9 Å². The molecule has 11 heteroatoms. The molecule has 1 heterocycles. The summed E-state index contributed by atoms with van der Waals surface area (Å²) in [7, 11) is 0. The number of carboxylic acid groups (broad SMARTS) is 1. The number of anilines is 1. The number of carboxylic acids is 1. The van der Waals surface area contributed by atoms with Crippen molar-refractivity contribution < 1.29 is 32.6 Å². The van der Waals surface area contributed by atoms with E-state index in [4.69, 9.17) is 4.74 Å². The molecular weight excluding hydrogens is 617 g/mol. The minimum Gasteiger partial charge on any atom is -0.480 e. The van der Waals surface area contributed by atoms with Gasteiger partial charge in [-0.1, -0.05) is 60.7 Å². The van der Waals surface area contributed by atoms with Crippen LogP contribution in [0.15, 0.2) is 126 Å². The Bertz CT molecular complexity index is 1860. The topological polar surface area (TPSA) is 97.6 Å². The van der Waals surface area contributed by atoms with Crippen LogP contribution in [0.2, 0.25) is 0 Å². The maximum atomic E-state index is 13.6. The summed E-state index contributed by atoms with van der Waals surface area (Å²) >= 11 is 1.33. The summed E-state index contributed by atoms with van der Waals surface area (Å²) in [5.41, 5.74) is -0.0364. The first-order valence-corrected chi connectivity index (χ1v) is 15.2. The van der Waals surface area contributed by atoms with Gasteiger partial charge in [0, 0.05) is 28.8 Å². The highest BCUT2D eigenvalue weighted by atomic mass is 32.2. The molecule has 0 fully saturated rings. The molecular formula is C35H27F3N2O5S. The van der Waals surface area contributed by atoms with Crippen molar-refractivity contribution in [1.29, 1.82) is 0 Å². The second-order valence-corrected chi connectivity index (χ2v) is 11.2. The highest BCUT2D eigenvalue weighted by Gasteiger charge is 2.30. The highest BCUT2D eigenvalue weighted by molar-refractivity contribution is 7.98. The van der Waals surface area contributed by atoms with E-state index in [1.807, 2.05) is 48.5 Å². The predicted molar refractivity (Wildman–Crippen MR) is 171 cm³/mol. The van der Waals surface area contributed by atoms with Gasteiger partial charge >= 0.3 is 12.1 Å². The van der Waals surface area contributed by atoms with Crippen molar-refractivity contribution in [2.45, 2.75) is 18.0 Å². The van der Waals surface area contributed by atoms with Crippen molar-refractivity contribution >= 4 is 29.3 Å². The SMILES string of the molecule is O=C(Nc1cc(-c2ccc(Oc3ccccc3)cc2)cn(C(CSCc2ccccc2)C(=O)O)c1=O)c1ccc(C(F)(F)F)cc1. The molecule has 0 saturated carbocycles. The summed E-state index contributed by atoms with van der Waals surface area (Å²) in [4.78, 5) is 39.2. The average molecular weight is 645 g/mol. The number of rotatable bonds is 11. The summed E-state index contributed by atoms with van der Waals surface area (Å²) in [6.07, 6.45) is -3.16. The summed E-state index contributed by atoms with van der Waals surface area (Å²) in [5, 5.41) is 12.6. The molecule has 234 valence electrons. The normalized spacial score (nSPS) is 11.9. The zero-order valence-electron chi connectivity index (χ0n) is 24.1. The van der Waals surface area contributed by atoms with E-state index in [1.165, 1.54) is 24.0 Å². The number of carbonyl (C=O) groups is 2. The maximum Gasteiger partial charge on any atom is 0.416 e. The van der Waals surface area contributed by atoms with Gasteiger partial charge in [-0.25, -0.2) is 4.79 Å². The van der Waals surface area contributed by atoms with Gasteiger partial charge in [0.2, 0.25) is 0 Å². The van der Waals surface area contributed by atoms with E-state index >= 15 is 0 Å². The number of ether oxygens (including phenoxy) is 1. The van der Waals surface area contributed by atoms with E-state index in [2.05, 4.69) is 5.32 Å². The quantitative estimate of drug-likeness (QED) is 0.151. The molecule has 0 aliphatic heterocycles. The Morgan fingerprint density at radius 2 is 1.43 bits per heavy atom. The number of nitrogens with one attached hydrogen (secondary N) is 1. The van der Waals surface area contributed by atoms with Gasteiger partial charge < -0.3 is 15.2 Å². The van der Waals surface area contributed by atoms with Gasteiger partial charge in [-0.05, 0) is 65.7 Å². The first-order chi connectivity index (χ1) is 22.1. The van der Waals surface area contributed by atoms with Crippen LogP contribution in [-0.2, 0) is 16.7 Å². The van der Waals surface area contributed by atoms with Crippen molar-refractivity contribution in [3.63, 3.8) is 0 Å². The lowest BCUT2D eigenvalue weighted by atomic mass is 10.1. The third-order valence-electron chi connectivity index (χ3n) is 6.94. The Hall–Kier alpha value is -5.29. The largest absolute Gasteiger partial charge is 0.480 e. The Morgan fingerprint density at radius 1 is 0.826 bits per heavy atom. The summed E-state index contributed by atoms with van der Waals surface area (Å²) in [6, 6.07) is 29.1. The molecule has 1 unspecified atom stereocenters. The number of nitrogens with zero attached hydrogens (tertiary/aromatic N) is 1. The number of alkyl halides is 3. The van der Waals surface area contributed by atoms with E-state index in [0.717, 1.165) is 34.4 Å². The summed E-state index contributed by atoms with van der Waals surface area (Å²) in [6.45, 7) is 0. The van der Waals surface area contributed by atoms with Crippen LogP contribution in [0, 0.1) is 0 Å². The minimum absolute atomic E-state index is 0.0454. The van der Waals surface area contributed by atoms with Gasteiger partial charge in [0.1, 0.15) is 23.2 Å². The molecule has 0 bridgehead atoms. The number of amides is 1. The van der Waals surface area contributed by atoms with E-state index < -0.39 is 35.2 Å². The van der Waals surface area contributed by atoms with Crippen molar-refractivity contribution in [3.05, 3.63) is 149 Å². The molecule has 0 saturated heterocycles. The fourth-order valence-electron chi connectivity index (χ4n) is 4.56. The van der Waals surface area contributed by atoms with E-state index in [1.54, 1.807) is 36.4 Å². The molecule has 46 heavy (non-hydrogen) atoms. The molecule has 0 spiro atoms. The number of aromatic nitrogens is 1.